The molecular weight excluding hydrogens is 436 g/mol. The van der Waals surface area contributed by atoms with E-state index in [1.807, 2.05) is 0 Å². The maximum Gasteiger partial charge on any atom is 0.235 e. The number of nitrogens with one attached hydrogen (secondary N) is 2. The van der Waals surface area contributed by atoms with E-state index < -0.39 is 45.8 Å². The van der Waals surface area contributed by atoms with Gasteiger partial charge in [-0.05, 0) is 18.6 Å². The first-order valence-corrected chi connectivity index (χ1v) is 11.9. The highest BCUT2D eigenvalue weighted by molar-refractivity contribution is 7.91. The van der Waals surface area contributed by atoms with Gasteiger partial charge in [0, 0.05) is 29.8 Å². The Morgan fingerprint density at radius 2 is 1.78 bits per heavy atom. The van der Waals surface area contributed by atoms with Crippen LogP contribution in [-0.2, 0) is 19.4 Å². The van der Waals surface area contributed by atoms with Gasteiger partial charge in [0.2, 0.25) is 18.6 Å². The number of fused-ring (bicyclic) bond motifs is 1. The normalized spacial score (nSPS) is 19.2. The number of carbonyl (C=O) groups excluding carboxylic acids is 3. The maximum atomic E-state index is 13.1. The van der Waals surface area contributed by atoms with Crippen LogP contribution in [-0.4, -0.2) is 50.4 Å². The van der Waals surface area contributed by atoms with Crippen LogP contribution in [0.15, 0.2) is 48.5 Å². The van der Waals surface area contributed by atoms with Gasteiger partial charge in [0.15, 0.2) is 27.1 Å². The second kappa shape index (κ2) is 8.99. The number of rotatable bonds is 7. The van der Waals surface area contributed by atoms with E-state index >= 15 is 0 Å². The summed E-state index contributed by atoms with van der Waals surface area (Å²) in [5.41, 5.74) is 0.696. The molecule has 2 aromatic carbocycles. The fraction of sp³-hybridized carbons (Fsp3) is 0.318. The number of hydrogen-bond acceptors (Lipinski definition) is 7. The molecule has 168 valence electrons. The lowest BCUT2D eigenvalue weighted by atomic mass is 9.93. The fourth-order valence-electron chi connectivity index (χ4n) is 3.69. The third kappa shape index (κ3) is 5.08. The van der Waals surface area contributed by atoms with Crippen LogP contribution in [0.25, 0.3) is 0 Å². The molecule has 0 aliphatic carbocycles. The van der Waals surface area contributed by atoms with Crippen molar-refractivity contribution < 1.29 is 32.3 Å². The van der Waals surface area contributed by atoms with Gasteiger partial charge in [-0.25, -0.2) is 8.42 Å². The van der Waals surface area contributed by atoms with Crippen LogP contribution in [0.3, 0.4) is 0 Å². The summed E-state index contributed by atoms with van der Waals surface area (Å²) >= 11 is 0. The molecule has 2 heterocycles. The quantitative estimate of drug-likeness (QED) is 0.476. The minimum absolute atomic E-state index is 0.00885. The summed E-state index contributed by atoms with van der Waals surface area (Å²) in [7, 11) is -3.17. The largest absolute Gasteiger partial charge is 0.454 e. The molecule has 0 unspecified atom stereocenters. The molecule has 2 amide bonds. The first-order chi connectivity index (χ1) is 15.3. The molecule has 10 heteroatoms. The van der Waals surface area contributed by atoms with Crippen molar-refractivity contribution in [1.82, 2.24) is 5.32 Å². The number of carbonyl (C=O) groups is 3. The predicted octanol–water partition coefficient (Wildman–Crippen LogP) is 1.55. The number of ketones is 1. The molecule has 2 aliphatic rings. The molecular formula is C22H22N2O7S. The highest BCUT2D eigenvalue weighted by atomic mass is 32.2. The smallest absolute Gasteiger partial charge is 0.235 e. The zero-order valence-corrected chi connectivity index (χ0v) is 17.9. The van der Waals surface area contributed by atoms with E-state index in [0.29, 0.717) is 29.2 Å². The van der Waals surface area contributed by atoms with Crippen molar-refractivity contribution in [3.63, 3.8) is 0 Å². The fourth-order valence-corrected chi connectivity index (χ4v) is 5.37. The lowest BCUT2D eigenvalue weighted by molar-refractivity contribution is -0.126. The highest BCUT2D eigenvalue weighted by Gasteiger charge is 2.33. The Balaban J connectivity index is 1.50. The van der Waals surface area contributed by atoms with E-state index in [2.05, 4.69) is 10.6 Å². The lowest BCUT2D eigenvalue weighted by Crippen LogP contribution is -2.40. The Morgan fingerprint density at radius 1 is 1.03 bits per heavy atom. The maximum absolute atomic E-state index is 13.1. The standard InChI is InChI=1S/C22H22N2O7S/c25-20(23-16-8-9-32(28,29)12-16)11-17(21(26)14-4-2-1-3-5-14)22(27)24-15-6-7-18-19(10-15)31-13-30-18/h1-7,10,16-17H,8-9,11-13H2,(H,23,25)(H,24,27)/t16-,17+/m0/s1. The minimum Gasteiger partial charge on any atom is -0.454 e. The van der Waals surface area contributed by atoms with Gasteiger partial charge in [-0.1, -0.05) is 30.3 Å². The molecule has 2 N–H and O–H groups in total. The zero-order valence-electron chi connectivity index (χ0n) is 17.1. The SMILES string of the molecule is O=C(C[C@@H](C(=O)Nc1ccc2c(c1)OCO2)C(=O)c1ccccc1)N[C@H]1CCS(=O)(=O)C1. The molecule has 2 aromatic rings. The van der Waals surface area contributed by atoms with Gasteiger partial charge >= 0.3 is 0 Å². The summed E-state index contributed by atoms with van der Waals surface area (Å²) in [6, 6.07) is 12.5. The van der Waals surface area contributed by atoms with E-state index in [-0.39, 0.29) is 18.3 Å². The van der Waals surface area contributed by atoms with Crippen LogP contribution in [0.4, 0.5) is 5.69 Å². The second-order valence-corrected chi connectivity index (χ2v) is 9.94. The number of amides is 2. The van der Waals surface area contributed by atoms with Crippen molar-refractivity contribution in [2.45, 2.75) is 18.9 Å². The average molecular weight is 458 g/mol. The Hall–Kier alpha value is -3.40. The third-order valence-electron chi connectivity index (χ3n) is 5.32. The van der Waals surface area contributed by atoms with Gasteiger partial charge in [-0.3, -0.25) is 14.4 Å². The Morgan fingerprint density at radius 3 is 2.50 bits per heavy atom. The van der Waals surface area contributed by atoms with Crippen LogP contribution in [0.5, 0.6) is 11.5 Å². The Kier molecular flexibility index (Phi) is 6.13. The molecule has 0 bridgehead atoms. The van der Waals surface area contributed by atoms with Crippen LogP contribution in [0.1, 0.15) is 23.2 Å². The monoisotopic (exact) mass is 458 g/mol. The van der Waals surface area contributed by atoms with Gasteiger partial charge in [0.1, 0.15) is 5.92 Å². The lowest BCUT2D eigenvalue weighted by Gasteiger charge is -2.18. The molecule has 0 aromatic heterocycles. The van der Waals surface area contributed by atoms with Gasteiger partial charge in [0.25, 0.3) is 0 Å². The second-order valence-electron chi connectivity index (χ2n) is 7.71. The first kappa shape index (κ1) is 21.8. The van der Waals surface area contributed by atoms with E-state index in [0.717, 1.165) is 0 Å². The molecule has 0 spiro atoms. The van der Waals surface area contributed by atoms with Crippen molar-refractivity contribution >= 4 is 33.1 Å². The van der Waals surface area contributed by atoms with Crippen molar-refractivity contribution in [1.29, 1.82) is 0 Å². The summed E-state index contributed by atoms with van der Waals surface area (Å²) in [5, 5.41) is 5.30. The zero-order chi connectivity index (χ0) is 22.7. The van der Waals surface area contributed by atoms with Crippen LogP contribution < -0.4 is 20.1 Å². The van der Waals surface area contributed by atoms with E-state index in [1.165, 1.54) is 0 Å². The molecule has 4 rings (SSSR count). The molecule has 2 aliphatic heterocycles. The number of anilines is 1. The van der Waals surface area contributed by atoms with Gasteiger partial charge in [-0.15, -0.1) is 0 Å². The molecule has 1 saturated heterocycles. The van der Waals surface area contributed by atoms with Crippen molar-refractivity contribution in [3.05, 3.63) is 54.1 Å². The number of sulfone groups is 1. The third-order valence-corrected chi connectivity index (χ3v) is 7.09. The molecule has 0 radical (unpaired) electrons. The van der Waals surface area contributed by atoms with Crippen LogP contribution in [0.2, 0.25) is 0 Å². The van der Waals surface area contributed by atoms with Gasteiger partial charge in [0.05, 0.1) is 11.5 Å². The Bertz CT molecular complexity index is 1150. The summed E-state index contributed by atoms with van der Waals surface area (Å²) in [5.74, 6) is -2.11. The van der Waals surface area contributed by atoms with Crippen LogP contribution >= 0.6 is 0 Å². The first-order valence-electron chi connectivity index (χ1n) is 10.1. The Labute approximate surface area is 185 Å². The average Bonchev–Trinajstić information content (AvgIpc) is 3.37. The number of benzene rings is 2. The van der Waals surface area contributed by atoms with Gasteiger partial charge < -0.3 is 20.1 Å². The molecule has 32 heavy (non-hydrogen) atoms. The predicted molar refractivity (Wildman–Crippen MR) is 115 cm³/mol. The summed E-state index contributed by atoms with van der Waals surface area (Å²) < 4.78 is 33.8. The number of hydrogen-bond donors (Lipinski definition) is 2. The number of ether oxygens (including phenoxy) is 2. The van der Waals surface area contributed by atoms with Crippen molar-refractivity contribution in [2.24, 2.45) is 5.92 Å². The molecule has 1 fully saturated rings. The van der Waals surface area contributed by atoms with Crippen molar-refractivity contribution in [3.8, 4) is 11.5 Å². The molecule has 2 atom stereocenters. The van der Waals surface area contributed by atoms with E-state index in [9.17, 15) is 22.8 Å². The summed E-state index contributed by atoms with van der Waals surface area (Å²) in [6.45, 7) is 0.0823. The van der Waals surface area contributed by atoms with Crippen LogP contribution in [0, 0.1) is 5.92 Å². The highest BCUT2D eigenvalue weighted by Crippen LogP contribution is 2.34. The van der Waals surface area contributed by atoms with E-state index in [1.54, 1.807) is 48.5 Å². The topological polar surface area (TPSA) is 128 Å². The van der Waals surface area contributed by atoms with E-state index in [4.69, 9.17) is 9.47 Å². The molecule has 9 nitrogen and oxygen atoms in total. The summed E-state index contributed by atoms with van der Waals surface area (Å²) in [4.78, 5) is 38.7. The molecule has 0 saturated carbocycles. The number of Topliss-reactive ketones (excluding diaryl/α,β-unsaturated/α-hetero) is 1. The van der Waals surface area contributed by atoms with Crippen molar-refractivity contribution in [2.75, 3.05) is 23.6 Å². The van der Waals surface area contributed by atoms with Gasteiger partial charge in [-0.2, -0.15) is 0 Å². The summed E-state index contributed by atoms with van der Waals surface area (Å²) in [6.07, 6.45) is -0.0879. The minimum atomic E-state index is -3.17.